The number of hydrogen-bond donors (Lipinski definition) is 10. The van der Waals surface area contributed by atoms with Crippen LogP contribution in [0.3, 0.4) is 0 Å². The summed E-state index contributed by atoms with van der Waals surface area (Å²) in [6, 6.07) is 31.4. The first-order chi connectivity index (χ1) is 39.9. The molecule has 10 rings (SSSR count). The first-order valence-corrected chi connectivity index (χ1v) is 30.9. The molecule has 0 bridgehead atoms. The Morgan fingerprint density at radius 3 is 1.36 bits per heavy atom. The molecule has 0 saturated heterocycles. The zero-order valence-electron chi connectivity index (χ0n) is 42.4. The van der Waals surface area contributed by atoms with E-state index >= 15 is 0 Å². The maximum absolute atomic E-state index is 12.8. The quantitative estimate of drug-likeness (QED) is 0.0259. The van der Waals surface area contributed by atoms with Crippen LogP contribution >= 0.6 is 0 Å². The van der Waals surface area contributed by atoms with Crippen LogP contribution in [0.25, 0.3) is 43.1 Å². The molecule has 0 spiro atoms. The topological polar surface area (TPSA) is 475 Å². The minimum atomic E-state index is -4.99. The number of nitrogen functional groups attached to an aromatic ring is 2. The lowest BCUT2D eigenvalue weighted by Crippen LogP contribution is -2.03. The fourth-order valence-electron chi connectivity index (χ4n) is 8.66. The van der Waals surface area contributed by atoms with Gasteiger partial charge in [-0.05, 0) is 139 Å². The fraction of sp³-hybridized carbons (Fsp3) is 0. The highest BCUT2D eigenvalue weighted by Crippen LogP contribution is 2.45. The van der Waals surface area contributed by atoms with Gasteiger partial charge in [0, 0.05) is 55.1 Å². The van der Waals surface area contributed by atoms with Crippen LogP contribution in [-0.2, 0) is 50.6 Å². The Balaban J connectivity index is 0.921. The molecule has 0 radical (unpaired) electrons. The smallest absolute Gasteiger partial charge is 0.296 e. The number of nitrogens with two attached hydrogens (primary N) is 2. The second-order valence-electron chi connectivity index (χ2n) is 18.2. The molecule has 0 atom stereocenters. The molecule has 0 aliphatic carbocycles. The van der Waals surface area contributed by atoms with Crippen molar-refractivity contribution in [3.8, 4) is 11.5 Å². The Kier molecular flexibility index (Phi) is 14.9. The van der Waals surface area contributed by atoms with E-state index in [1.54, 1.807) is 0 Å². The van der Waals surface area contributed by atoms with Crippen molar-refractivity contribution >= 4 is 162 Å². The highest BCUT2D eigenvalue weighted by Gasteiger charge is 2.24. The average Bonchev–Trinajstić information content (AvgIpc) is 2.76. The van der Waals surface area contributed by atoms with E-state index in [-0.39, 0.29) is 106 Å². The summed E-state index contributed by atoms with van der Waals surface area (Å²) in [5.41, 5.74) is 11.7. The Labute approximate surface area is 479 Å². The molecular formula is C52H37N11O17S5. The molecule has 0 aliphatic heterocycles. The van der Waals surface area contributed by atoms with Gasteiger partial charge in [-0.15, -0.1) is 30.7 Å². The molecule has 0 aliphatic rings. The monoisotopic (exact) mass is 1250 g/mol. The first kappa shape index (κ1) is 58.4. The summed E-state index contributed by atoms with van der Waals surface area (Å²) in [5, 5.41) is 58.6. The van der Waals surface area contributed by atoms with Crippen LogP contribution in [0.1, 0.15) is 0 Å². The molecule has 33 heteroatoms. The average molecular weight is 1250 g/mol. The van der Waals surface area contributed by atoms with Gasteiger partial charge in [-0.3, -0.25) is 22.8 Å². The van der Waals surface area contributed by atoms with Crippen LogP contribution in [0.5, 0.6) is 11.5 Å². The van der Waals surface area contributed by atoms with E-state index in [0.29, 0.717) is 0 Å². The van der Waals surface area contributed by atoms with E-state index in [1.165, 1.54) is 103 Å². The minimum absolute atomic E-state index is 0.00911. The van der Waals surface area contributed by atoms with Gasteiger partial charge >= 0.3 is 0 Å². The SMILES string of the molecule is Nc1ccc2c(O)c(N=Nc3ccc(N=Nc4ccc(Nc5ccc(N=Nc6ccc(N=Nc7c(N)ccc8c(O)cc(S(=O)(=O)O)cc78)c7ccc(S(=O)(=O)O)cc67)cc5S(=O)(=O)O)cc4)c4cc(S(=O)(=O)O)ccc34)c(S(=O)(=O)O)cc2c1. The Hall–Kier alpha value is -9.81. The predicted molar refractivity (Wildman–Crippen MR) is 310 cm³/mol. The van der Waals surface area contributed by atoms with Crippen LogP contribution in [-0.4, -0.2) is 75.1 Å². The maximum Gasteiger partial charge on any atom is 0.296 e. The van der Waals surface area contributed by atoms with Gasteiger partial charge in [0.25, 0.3) is 50.6 Å². The molecule has 10 aromatic rings. The number of fused-ring (bicyclic) bond motifs is 4. The van der Waals surface area contributed by atoms with Crippen molar-refractivity contribution in [1.82, 2.24) is 0 Å². The van der Waals surface area contributed by atoms with Gasteiger partial charge in [0.15, 0.2) is 5.75 Å². The van der Waals surface area contributed by atoms with Gasteiger partial charge in [-0.1, -0.05) is 12.1 Å². The molecule has 85 heavy (non-hydrogen) atoms. The normalized spacial score (nSPS) is 13.0. The van der Waals surface area contributed by atoms with E-state index in [1.807, 2.05) is 0 Å². The lowest BCUT2D eigenvalue weighted by molar-refractivity contribution is 0.471. The number of hydrogen-bond acceptors (Lipinski definition) is 23. The molecule has 28 nitrogen and oxygen atoms in total. The molecular weight excluding hydrogens is 1210 g/mol. The zero-order valence-corrected chi connectivity index (χ0v) is 46.5. The van der Waals surface area contributed by atoms with Gasteiger partial charge in [-0.2, -0.15) is 52.3 Å². The van der Waals surface area contributed by atoms with Crippen LogP contribution < -0.4 is 16.8 Å². The van der Waals surface area contributed by atoms with Crippen molar-refractivity contribution in [1.29, 1.82) is 0 Å². The number of aromatic hydroxyl groups is 2. The molecule has 432 valence electrons. The fourth-order valence-corrected chi connectivity index (χ4v) is 11.5. The van der Waals surface area contributed by atoms with Crippen LogP contribution in [0, 0.1) is 0 Å². The molecule has 0 fully saturated rings. The second-order valence-corrected chi connectivity index (χ2v) is 25.3. The number of nitrogens with one attached hydrogen (secondary N) is 1. The minimum Gasteiger partial charge on any atom is -0.507 e. The number of benzene rings is 10. The Morgan fingerprint density at radius 2 is 0.824 bits per heavy atom. The lowest BCUT2D eigenvalue weighted by atomic mass is 10.1. The largest absolute Gasteiger partial charge is 0.507 e. The van der Waals surface area contributed by atoms with Crippen molar-refractivity contribution in [2.75, 3.05) is 16.8 Å². The second kappa shape index (κ2) is 21.7. The van der Waals surface area contributed by atoms with Crippen molar-refractivity contribution in [2.45, 2.75) is 24.5 Å². The number of anilines is 4. The molecule has 0 heterocycles. The van der Waals surface area contributed by atoms with E-state index < -0.39 is 92.3 Å². The number of rotatable bonds is 15. The van der Waals surface area contributed by atoms with Gasteiger partial charge in [0.1, 0.15) is 26.9 Å². The predicted octanol–water partition coefficient (Wildman–Crippen LogP) is 12.5. The van der Waals surface area contributed by atoms with Gasteiger partial charge in [0.05, 0.1) is 60.2 Å². The van der Waals surface area contributed by atoms with Crippen molar-refractivity contribution in [3.63, 3.8) is 0 Å². The molecule has 10 aromatic carbocycles. The summed E-state index contributed by atoms with van der Waals surface area (Å²) >= 11 is 0. The molecule has 0 aromatic heterocycles. The number of nitrogens with zero attached hydrogens (tertiary/aromatic N) is 8. The third-order valence-electron chi connectivity index (χ3n) is 12.7. The highest BCUT2D eigenvalue weighted by molar-refractivity contribution is 7.87. The van der Waals surface area contributed by atoms with Crippen molar-refractivity contribution < 1.29 is 75.1 Å². The first-order valence-electron chi connectivity index (χ1n) is 23.7. The van der Waals surface area contributed by atoms with Crippen molar-refractivity contribution in [2.24, 2.45) is 40.9 Å². The van der Waals surface area contributed by atoms with Gasteiger partial charge in [0.2, 0.25) is 0 Å². The number of phenols is 2. The molecule has 12 N–H and O–H groups in total. The Bertz CT molecular complexity index is 5250. The van der Waals surface area contributed by atoms with Gasteiger partial charge in [-0.25, -0.2) is 0 Å². The highest BCUT2D eigenvalue weighted by atomic mass is 32.2. The maximum atomic E-state index is 12.8. The van der Waals surface area contributed by atoms with Crippen molar-refractivity contribution in [3.05, 3.63) is 152 Å². The third-order valence-corrected chi connectivity index (χ3v) is 17.0. The molecule has 0 unspecified atom stereocenters. The van der Waals surface area contributed by atoms with Crippen LogP contribution in [0.15, 0.2) is 217 Å². The molecule has 0 amide bonds. The Morgan fingerprint density at radius 1 is 0.353 bits per heavy atom. The third kappa shape index (κ3) is 12.3. The van der Waals surface area contributed by atoms with Crippen LogP contribution in [0.2, 0.25) is 0 Å². The molecule has 0 saturated carbocycles. The number of phenolic OH excluding ortho intramolecular Hbond substituents is 2. The summed E-state index contributed by atoms with van der Waals surface area (Å²) in [7, 11) is -24.4. The summed E-state index contributed by atoms with van der Waals surface area (Å²) in [6.45, 7) is 0. The van der Waals surface area contributed by atoms with E-state index in [4.69, 9.17) is 11.5 Å². The van der Waals surface area contributed by atoms with E-state index in [0.717, 1.165) is 48.5 Å². The standard InChI is InChI=1S/C52H37N11O17S5/c53-27-1-9-34-26(19-27)20-49(85(78,79)80)51(52(34)65)63-61-43-16-17-44(38-22-31(81(66,67)68)8-11-36(38)43)58-56-29-4-2-28(3-5-29)55-46-14-6-30(21-48(46)84(75,76)77)57-59-45-18-15-42(35-10-7-32(23-39(35)45)82(69,70)71)60-62-50-40-24-33(83(72,73)74)25-47(64)37(40)12-13-41(50)54/h1-25,55,64-65H,53-54H2,(H,66,67,68)(H,69,70,71)(H,72,73,74)(H,75,76,77)(H,78,79,80). The summed E-state index contributed by atoms with van der Waals surface area (Å²) in [4.78, 5) is -3.22. The van der Waals surface area contributed by atoms with E-state index in [9.17, 15) is 75.1 Å². The van der Waals surface area contributed by atoms with E-state index in [2.05, 4.69) is 46.2 Å². The summed E-state index contributed by atoms with van der Waals surface area (Å²) in [6.07, 6.45) is 0. The number of azo groups is 4. The lowest BCUT2D eigenvalue weighted by Gasteiger charge is -2.11. The van der Waals surface area contributed by atoms with Gasteiger partial charge < -0.3 is 27.0 Å². The van der Waals surface area contributed by atoms with Crippen LogP contribution in [0.4, 0.5) is 68.2 Å². The summed E-state index contributed by atoms with van der Waals surface area (Å²) in [5.74, 6) is -1.17. The zero-order chi connectivity index (χ0) is 61.1. The summed E-state index contributed by atoms with van der Waals surface area (Å²) < 4.78 is 173.